The van der Waals surface area contributed by atoms with Crippen molar-refractivity contribution < 1.29 is 14.3 Å². The van der Waals surface area contributed by atoms with E-state index in [0.717, 1.165) is 4.47 Å². The second-order valence-electron chi connectivity index (χ2n) is 3.76. The molecule has 1 heterocycles. The Kier molecular flexibility index (Phi) is 3.98. The minimum absolute atomic E-state index is 0.0326. The Morgan fingerprint density at radius 1 is 1.59 bits per heavy atom. The van der Waals surface area contributed by atoms with Crippen LogP contribution >= 0.6 is 15.9 Å². The SMILES string of the molecule is Nc1ccc(NC(=O)COC2COC2)c(Br)c1. The van der Waals surface area contributed by atoms with Gasteiger partial charge in [0.25, 0.3) is 0 Å². The molecule has 1 amide bonds. The second kappa shape index (κ2) is 5.48. The highest BCUT2D eigenvalue weighted by Crippen LogP contribution is 2.24. The van der Waals surface area contributed by atoms with Gasteiger partial charge in [-0.1, -0.05) is 0 Å². The smallest absolute Gasteiger partial charge is 0.250 e. The molecular formula is C11H13BrN2O3. The number of benzene rings is 1. The van der Waals surface area contributed by atoms with Crippen molar-refractivity contribution in [2.24, 2.45) is 0 Å². The molecule has 1 aromatic rings. The van der Waals surface area contributed by atoms with Crippen LogP contribution in [0, 0.1) is 0 Å². The first-order chi connectivity index (χ1) is 8.15. The summed E-state index contributed by atoms with van der Waals surface area (Å²) in [7, 11) is 0. The van der Waals surface area contributed by atoms with Crippen LogP contribution in [-0.4, -0.2) is 31.8 Å². The summed E-state index contributed by atoms with van der Waals surface area (Å²) in [6.07, 6.45) is 0.0515. The molecule has 0 saturated carbocycles. The van der Waals surface area contributed by atoms with Crippen LogP contribution in [-0.2, 0) is 14.3 Å². The lowest BCUT2D eigenvalue weighted by Gasteiger charge is -2.25. The number of nitrogen functional groups attached to an aromatic ring is 1. The van der Waals surface area contributed by atoms with Crippen LogP contribution in [0.25, 0.3) is 0 Å². The Hall–Kier alpha value is -1.11. The molecule has 5 nitrogen and oxygen atoms in total. The zero-order chi connectivity index (χ0) is 12.3. The van der Waals surface area contributed by atoms with E-state index in [0.29, 0.717) is 24.6 Å². The third-order valence-electron chi connectivity index (χ3n) is 2.32. The first-order valence-corrected chi connectivity index (χ1v) is 5.98. The summed E-state index contributed by atoms with van der Waals surface area (Å²) >= 11 is 3.32. The maximum absolute atomic E-state index is 11.6. The van der Waals surface area contributed by atoms with E-state index >= 15 is 0 Å². The number of nitrogens with two attached hydrogens (primary N) is 1. The Morgan fingerprint density at radius 2 is 2.35 bits per heavy atom. The van der Waals surface area contributed by atoms with Gasteiger partial charge in [0, 0.05) is 10.2 Å². The van der Waals surface area contributed by atoms with Crippen LogP contribution in [0.2, 0.25) is 0 Å². The van der Waals surface area contributed by atoms with Crippen LogP contribution in [0.5, 0.6) is 0 Å². The van der Waals surface area contributed by atoms with Crippen LogP contribution in [0.15, 0.2) is 22.7 Å². The molecule has 0 aliphatic carbocycles. The van der Waals surface area contributed by atoms with E-state index in [1.54, 1.807) is 18.2 Å². The van der Waals surface area contributed by atoms with Gasteiger partial charge in [-0.3, -0.25) is 4.79 Å². The summed E-state index contributed by atoms with van der Waals surface area (Å²) in [5.74, 6) is -0.192. The maximum atomic E-state index is 11.6. The van der Waals surface area contributed by atoms with Gasteiger partial charge in [0.2, 0.25) is 5.91 Å². The highest BCUT2D eigenvalue weighted by molar-refractivity contribution is 9.10. The number of rotatable bonds is 4. The molecular weight excluding hydrogens is 288 g/mol. The summed E-state index contributed by atoms with van der Waals surface area (Å²) in [6, 6.07) is 5.20. The Morgan fingerprint density at radius 3 is 2.94 bits per heavy atom. The number of ether oxygens (including phenoxy) is 2. The molecule has 1 saturated heterocycles. The van der Waals surface area contributed by atoms with Crippen molar-refractivity contribution in [3.63, 3.8) is 0 Å². The molecule has 0 atom stereocenters. The van der Waals surface area contributed by atoms with Gasteiger partial charge in [-0.15, -0.1) is 0 Å². The van der Waals surface area contributed by atoms with Crippen molar-refractivity contribution in [1.82, 2.24) is 0 Å². The fraction of sp³-hybridized carbons (Fsp3) is 0.364. The molecule has 2 rings (SSSR count). The van der Waals surface area contributed by atoms with Gasteiger partial charge in [0.15, 0.2) is 0 Å². The fourth-order valence-electron chi connectivity index (χ4n) is 1.32. The molecule has 0 unspecified atom stereocenters. The largest absolute Gasteiger partial charge is 0.399 e. The number of carbonyl (C=O) groups is 1. The Labute approximate surface area is 107 Å². The highest BCUT2D eigenvalue weighted by atomic mass is 79.9. The predicted molar refractivity (Wildman–Crippen MR) is 67.7 cm³/mol. The van der Waals surface area contributed by atoms with Crippen molar-refractivity contribution >= 4 is 33.2 Å². The molecule has 0 spiro atoms. The molecule has 0 radical (unpaired) electrons. The van der Waals surface area contributed by atoms with Crippen LogP contribution in [0.1, 0.15) is 0 Å². The number of amides is 1. The zero-order valence-electron chi connectivity index (χ0n) is 9.11. The summed E-state index contributed by atoms with van der Waals surface area (Å²) in [5, 5.41) is 2.73. The molecule has 3 N–H and O–H groups in total. The third kappa shape index (κ3) is 3.42. The normalized spacial score (nSPS) is 15.4. The minimum Gasteiger partial charge on any atom is -0.399 e. The summed E-state index contributed by atoms with van der Waals surface area (Å²) < 4.78 is 11.0. The molecule has 1 aliphatic heterocycles. The lowest BCUT2D eigenvalue weighted by atomic mass is 10.3. The number of hydrogen-bond donors (Lipinski definition) is 2. The highest BCUT2D eigenvalue weighted by Gasteiger charge is 2.20. The van der Waals surface area contributed by atoms with Crippen molar-refractivity contribution in [2.75, 3.05) is 30.9 Å². The average molecular weight is 301 g/mol. The molecule has 1 aliphatic rings. The summed E-state index contributed by atoms with van der Waals surface area (Å²) in [5.41, 5.74) is 6.92. The minimum atomic E-state index is -0.192. The Bertz CT molecular complexity index is 421. The summed E-state index contributed by atoms with van der Waals surface area (Å²) in [6.45, 7) is 1.17. The number of carbonyl (C=O) groups excluding carboxylic acids is 1. The topological polar surface area (TPSA) is 73.6 Å². The van der Waals surface area contributed by atoms with E-state index in [1.165, 1.54) is 0 Å². The van der Waals surface area contributed by atoms with Crippen LogP contribution < -0.4 is 11.1 Å². The lowest BCUT2D eigenvalue weighted by Crippen LogP contribution is -2.38. The van der Waals surface area contributed by atoms with Gasteiger partial charge >= 0.3 is 0 Å². The molecule has 92 valence electrons. The van der Waals surface area contributed by atoms with E-state index in [4.69, 9.17) is 15.2 Å². The number of halogens is 1. The Balaban J connectivity index is 1.84. The van der Waals surface area contributed by atoms with Crippen molar-refractivity contribution in [3.8, 4) is 0 Å². The van der Waals surface area contributed by atoms with E-state index < -0.39 is 0 Å². The van der Waals surface area contributed by atoms with Gasteiger partial charge in [0.1, 0.15) is 12.7 Å². The second-order valence-corrected chi connectivity index (χ2v) is 4.61. The first-order valence-electron chi connectivity index (χ1n) is 5.19. The van der Waals surface area contributed by atoms with Gasteiger partial charge in [-0.25, -0.2) is 0 Å². The molecule has 6 heteroatoms. The molecule has 1 fully saturated rings. The van der Waals surface area contributed by atoms with Crippen molar-refractivity contribution in [3.05, 3.63) is 22.7 Å². The average Bonchev–Trinajstić information content (AvgIpc) is 2.20. The predicted octanol–water partition coefficient (Wildman–Crippen LogP) is 1.39. The number of hydrogen-bond acceptors (Lipinski definition) is 4. The summed E-state index contributed by atoms with van der Waals surface area (Å²) in [4.78, 5) is 11.6. The maximum Gasteiger partial charge on any atom is 0.250 e. The standard InChI is InChI=1S/C11H13BrN2O3/c12-9-3-7(13)1-2-10(9)14-11(15)6-17-8-4-16-5-8/h1-3,8H,4-6,13H2,(H,14,15). The van der Waals surface area contributed by atoms with E-state index in [1.807, 2.05) is 0 Å². The quantitative estimate of drug-likeness (QED) is 0.824. The lowest BCUT2D eigenvalue weighted by molar-refractivity contribution is -0.144. The van der Waals surface area contributed by atoms with Crippen molar-refractivity contribution in [2.45, 2.75) is 6.10 Å². The van der Waals surface area contributed by atoms with Gasteiger partial charge in [0.05, 0.1) is 18.9 Å². The third-order valence-corrected chi connectivity index (χ3v) is 2.98. The zero-order valence-corrected chi connectivity index (χ0v) is 10.7. The van der Waals surface area contributed by atoms with E-state index in [2.05, 4.69) is 21.2 Å². The van der Waals surface area contributed by atoms with E-state index in [-0.39, 0.29) is 18.6 Å². The van der Waals surface area contributed by atoms with Crippen LogP contribution in [0.4, 0.5) is 11.4 Å². The molecule has 1 aromatic carbocycles. The number of nitrogens with one attached hydrogen (secondary N) is 1. The van der Waals surface area contributed by atoms with Gasteiger partial charge in [-0.05, 0) is 34.1 Å². The molecule has 17 heavy (non-hydrogen) atoms. The fourth-order valence-corrected chi connectivity index (χ4v) is 1.82. The first kappa shape index (κ1) is 12.3. The van der Waals surface area contributed by atoms with Crippen molar-refractivity contribution in [1.29, 1.82) is 0 Å². The van der Waals surface area contributed by atoms with Gasteiger partial charge < -0.3 is 20.5 Å². The van der Waals surface area contributed by atoms with Crippen LogP contribution in [0.3, 0.4) is 0 Å². The molecule has 0 bridgehead atoms. The van der Waals surface area contributed by atoms with E-state index in [9.17, 15) is 4.79 Å². The monoisotopic (exact) mass is 300 g/mol. The van der Waals surface area contributed by atoms with Gasteiger partial charge in [-0.2, -0.15) is 0 Å². The molecule has 0 aromatic heterocycles. The number of anilines is 2.